The molecular formula is C14H21N3O3S. The van der Waals surface area contributed by atoms with Crippen LogP contribution in [0.15, 0.2) is 24.3 Å². The van der Waals surface area contributed by atoms with Gasteiger partial charge in [0.25, 0.3) is 0 Å². The summed E-state index contributed by atoms with van der Waals surface area (Å²) in [4.78, 5) is 14.0. The van der Waals surface area contributed by atoms with Gasteiger partial charge in [-0.3, -0.25) is 4.79 Å². The van der Waals surface area contributed by atoms with E-state index in [9.17, 15) is 13.2 Å². The predicted octanol–water partition coefficient (Wildman–Crippen LogP) is 0.352. The van der Waals surface area contributed by atoms with Crippen LogP contribution in [-0.4, -0.2) is 44.6 Å². The molecule has 3 N–H and O–H groups in total. The molecular weight excluding hydrogens is 290 g/mol. The second kappa shape index (κ2) is 6.44. The number of sulfonamides is 1. The van der Waals surface area contributed by atoms with E-state index in [1.165, 1.54) is 0 Å². The van der Waals surface area contributed by atoms with Crippen molar-refractivity contribution in [3.05, 3.63) is 29.8 Å². The summed E-state index contributed by atoms with van der Waals surface area (Å²) in [5.41, 5.74) is 7.26. The number of likely N-dealkylation sites (tertiary alicyclic amines) is 1. The number of carbonyl (C=O) groups excluding carboxylic acids is 1. The van der Waals surface area contributed by atoms with E-state index in [2.05, 4.69) is 4.72 Å². The Morgan fingerprint density at radius 2 is 2.14 bits per heavy atom. The van der Waals surface area contributed by atoms with E-state index in [0.717, 1.165) is 24.7 Å². The Bertz CT molecular complexity index is 616. The van der Waals surface area contributed by atoms with Gasteiger partial charge in [0.05, 0.1) is 12.7 Å². The van der Waals surface area contributed by atoms with Crippen LogP contribution in [0.1, 0.15) is 18.4 Å². The van der Waals surface area contributed by atoms with Crippen LogP contribution < -0.4 is 10.5 Å². The molecule has 1 heterocycles. The molecule has 6 nitrogen and oxygen atoms in total. The number of nitrogens with two attached hydrogens (primary N) is 1. The summed E-state index contributed by atoms with van der Waals surface area (Å²) in [7, 11) is -3.25. The van der Waals surface area contributed by atoms with E-state index in [1.54, 1.807) is 11.0 Å². The van der Waals surface area contributed by atoms with E-state index in [-0.39, 0.29) is 18.4 Å². The van der Waals surface area contributed by atoms with Crippen molar-refractivity contribution in [3.63, 3.8) is 0 Å². The number of carbonyl (C=O) groups is 1. The molecule has 1 atom stereocenters. The van der Waals surface area contributed by atoms with E-state index in [4.69, 9.17) is 5.73 Å². The Balaban J connectivity index is 1.98. The molecule has 2 rings (SSSR count). The highest BCUT2D eigenvalue weighted by atomic mass is 32.2. The molecule has 1 saturated heterocycles. The van der Waals surface area contributed by atoms with Gasteiger partial charge in [0.1, 0.15) is 0 Å². The van der Waals surface area contributed by atoms with Crippen molar-refractivity contribution < 1.29 is 13.2 Å². The molecule has 1 aromatic rings. The SMILES string of the molecule is CS(=O)(=O)NC1CCCN(C(=O)Cc2ccccc2N)C1. The van der Waals surface area contributed by atoms with Crippen molar-refractivity contribution in [2.75, 3.05) is 25.1 Å². The van der Waals surface area contributed by atoms with Crippen molar-refractivity contribution in [2.24, 2.45) is 0 Å². The van der Waals surface area contributed by atoms with Gasteiger partial charge in [-0.2, -0.15) is 0 Å². The van der Waals surface area contributed by atoms with Gasteiger partial charge >= 0.3 is 0 Å². The fraction of sp³-hybridized carbons (Fsp3) is 0.500. The summed E-state index contributed by atoms with van der Waals surface area (Å²) in [6, 6.07) is 7.08. The van der Waals surface area contributed by atoms with E-state index < -0.39 is 10.0 Å². The summed E-state index contributed by atoms with van der Waals surface area (Å²) >= 11 is 0. The van der Waals surface area contributed by atoms with E-state index in [1.807, 2.05) is 18.2 Å². The average molecular weight is 311 g/mol. The van der Waals surface area contributed by atoms with Gasteiger partial charge in [-0.25, -0.2) is 13.1 Å². The zero-order valence-electron chi connectivity index (χ0n) is 12.1. The normalized spacial score (nSPS) is 19.5. The van der Waals surface area contributed by atoms with Crippen molar-refractivity contribution in [2.45, 2.75) is 25.3 Å². The van der Waals surface area contributed by atoms with Crippen LogP contribution >= 0.6 is 0 Å². The Labute approximate surface area is 125 Å². The zero-order chi connectivity index (χ0) is 15.5. The van der Waals surface area contributed by atoms with Crippen LogP contribution in [0.2, 0.25) is 0 Å². The molecule has 1 aromatic carbocycles. The number of nitrogens with one attached hydrogen (secondary N) is 1. The molecule has 0 aliphatic carbocycles. The van der Waals surface area contributed by atoms with Crippen LogP contribution in [0.4, 0.5) is 5.69 Å². The minimum absolute atomic E-state index is 0.0205. The number of amides is 1. The molecule has 0 aromatic heterocycles. The standard InChI is InChI=1S/C14H21N3O3S/c1-21(19,20)16-12-6-4-8-17(10-12)14(18)9-11-5-2-3-7-13(11)15/h2-3,5,7,12,16H,4,6,8-10,15H2,1H3. The number of rotatable bonds is 4. The molecule has 0 bridgehead atoms. The maximum absolute atomic E-state index is 12.3. The van der Waals surface area contributed by atoms with Crippen LogP contribution in [0.25, 0.3) is 0 Å². The van der Waals surface area contributed by atoms with Crippen molar-refractivity contribution in [1.82, 2.24) is 9.62 Å². The molecule has 1 fully saturated rings. The lowest BCUT2D eigenvalue weighted by molar-refractivity contribution is -0.131. The Morgan fingerprint density at radius 3 is 2.81 bits per heavy atom. The lowest BCUT2D eigenvalue weighted by Gasteiger charge is -2.33. The van der Waals surface area contributed by atoms with Crippen LogP contribution in [0.5, 0.6) is 0 Å². The smallest absolute Gasteiger partial charge is 0.227 e. The Kier molecular flexibility index (Phi) is 4.84. The summed E-state index contributed by atoms with van der Waals surface area (Å²) in [5.74, 6) is -0.0205. The molecule has 1 aliphatic rings. The fourth-order valence-corrected chi connectivity index (χ4v) is 3.37. The molecule has 0 saturated carbocycles. The molecule has 116 valence electrons. The van der Waals surface area contributed by atoms with Gasteiger partial charge in [0.2, 0.25) is 15.9 Å². The van der Waals surface area contributed by atoms with Gasteiger partial charge in [0, 0.05) is 24.8 Å². The number of piperidine rings is 1. The highest BCUT2D eigenvalue weighted by Gasteiger charge is 2.25. The van der Waals surface area contributed by atoms with Gasteiger partial charge in [-0.05, 0) is 24.5 Å². The third-order valence-electron chi connectivity index (χ3n) is 3.55. The first-order valence-corrected chi connectivity index (χ1v) is 8.83. The third kappa shape index (κ3) is 4.71. The second-order valence-electron chi connectivity index (χ2n) is 5.44. The lowest BCUT2D eigenvalue weighted by atomic mass is 10.0. The molecule has 21 heavy (non-hydrogen) atoms. The number of benzene rings is 1. The summed E-state index contributed by atoms with van der Waals surface area (Å²) in [6.07, 6.45) is 2.93. The van der Waals surface area contributed by atoms with Crippen LogP contribution in [0.3, 0.4) is 0 Å². The third-order valence-corrected chi connectivity index (χ3v) is 4.31. The monoisotopic (exact) mass is 311 g/mol. The minimum atomic E-state index is -3.25. The summed E-state index contributed by atoms with van der Waals surface area (Å²) < 4.78 is 25.1. The van der Waals surface area contributed by atoms with E-state index in [0.29, 0.717) is 18.8 Å². The number of hydrogen-bond donors (Lipinski definition) is 2. The number of hydrogen-bond acceptors (Lipinski definition) is 4. The number of para-hydroxylation sites is 1. The fourth-order valence-electron chi connectivity index (χ4n) is 2.57. The van der Waals surface area contributed by atoms with Crippen LogP contribution in [-0.2, 0) is 21.2 Å². The maximum atomic E-state index is 12.3. The van der Waals surface area contributed by atoms with Gasteiger partial charge in [0.15, 0.2) is 0 Å². The first kappa shape index (κ1) is 15.8. The maximum Gasteiger partial charge on any atom is 0.227 e. The molecule has 1 aliphatic heterocycles. The van der Waals surface area contributed by atoms with E-state index >= 15 is 0 Å². The van der Waals surface area contributed by atoms with Crippen molar-refractivity contribution in [1.29, 1.82) is 0 Å². The average Bonchev–Trinajstić information content (AvgIpc) is 2.39. The lowest BCUT2D eigenvalue weighted by Crippen LogP contribution is -2.49. The van der Waals surface area contributed by atoms with Crippen molar-refractivity contribution in [3.8, 4) is 0 Å². The highest BCUT2D eigenvalue weighted by molar-refractivity contribution is 7.88. The number of nitrogen functional groups attached to an aromatic ring is 1. The van der Waals surface area contributed by atoms with Gasteiger partial charge in [-0.15, -0.1) is 0 Å². The highest BCUT2D eigenvalue weighted by Crippen LogP contribution is 2.16. The van der Waals surface area contributed by atoms with Crippen LogP contribution in [0, 0.1) is 0 Å². The van der Waals surface area contributed by atoms with Gasteiger partial charge < -0.3 is 10.6 Å². The minimum Gasteiger partial charge on any atom is -0.398 e. The molecule has 0 spiro atoms. The Hall–Kier alpha value is -1.60. The largest absolute Gasteiger partial charge is 0.398 e. The molecule has 1 unspecified atom stereocenters. The number of nitrogens with zero attached hydrogens (tertiary/aromatic N) is 1. The first-order valence-electron chi connectivity index (χ1n) is 6.93. The number of anilines is 1. The Morgan fingerprint density at radius 1 is 1.43 bits per heavy atom. The quantitative estimate of drug-likeness (QED) is 0.785. The van der Waals surface area contributed by atoms with Crippen molar-refractivity contribution >= 4 is 21.6 Å². The first-order chi connectivity index (χ1) is 9.85. The molecule has 7 heteroatoms. The summed E-state index contributed by atoms with van der Waals surface area (Å²) in [5, 5.41) is 0. The molecule has 1 amide bonds. The zero-order valence-corrected chi connectivity index (χ0v) is 12.9. The summed E-state index contributed by atoms with van der Waals surface area (Å²) in [6.45, 7) is 1.08. The van der Waals surface area contributed by atoms with Gasteiger partial charge in [-0.1, -0.05) is 18.2 Å². The topological polar surface area (TPSA) is 92.5 Å². The predicted molar refractivity (Wildman–Crippen MR) is 82.1 cm³/mol. The molecule has 0 radical (unpaired) electrons. The second-order valence-corrected chi connectivity index (χ2v) is 7.22.